The van der Waals surface area contributed by atoms with E-state index in [1.54, 1.807) is 29.6 Å². The summed E-state index contributed by atoms with van der Waals surface area (Å²) in [4.78, 5) is 26.7. The van der Waals surface area contributed by atoms with E-state index in [9.17, 15) is 4.79 Å². The Labute approximate surface area is 148 Å². The number of methoxy groups -OCH3 is 1. The number of rotatable bonds is 4. The number of likely N-dealkylation sites (tertiary alicyclic amines) is 1. The lowest BCUT2D eigenvalue weighted by Crippen LogP contribution is -2.44. The van der Waals surface area contributed by atoms with Crippen LogP contribution in [0.3, 0.4) is 0 Å². The summed E-state index contributed by atoms with van der Waals surface area (Å²) in [7, 11) is 1.53. The highest BCUT2D eigenvalue weighted by molar-refractivity contribution is 9.10. The fourth-order valence-corrected chi connectivity index (χ4v) is 2.95. The fraction of sp³-hybridized carbons (Fsp3) is 0.375. The predicted molar refractivity (Wildman–Crippen MR) is 90.1 cm³/mol. The molecule has 1 unspecified atom stereocenters. The minimum atomic E-state index is -0.121. The van der Waals surface area contributed by atoms with Crippen molar-refractivity contribution in [1.29, 1.82) is 0 Å². The summed E-state index contributed by atoms with van der Waals surface area (Å²) in [6, 6.07) is 1.77. The second kappa shape index (κ2) is 7.57. The van der Waals surface area contributed by atoms with Gasteiger partial charge in [0.2, 0.25) is 11.8 Å². The van der Waals surface area contributed by atoms with Gasteiger partial charge < -0.3 is 14.4 Å². The molecule has 1 fully saturated rings. The molecule has 0 aromatic carbocycles. The number of amides is 1. The number of aromatic nitrogens is 3. The Kier molecular flexibility index (Phi) is 5.24. The van der Waals surface area contributed by atoms with Crippen LogP contribution in [0.15, 0.2) is 35.3 Å². The Morgan fingerprint density at radius 1 is 1.25 bits per heavy atom. The third kappa shape index (κ3) is 4.00. The molecule has 1 aliphatic heterocycles. The molecule has 0 aliphatic carbocycles. The van der Waals surface area contributed by atoms with Gasteiger partial charge in [-0.25, -0.2) is 0 Å². The number of hydrogen-bond acceptors (Lipinski definition) is 6. The first-order valence-corrected chi connectivity index (χ1v) is 8.37. The summed E-state index contributed by atoms with van der Waals surface area (Å²) in [5.41, 5.74) is 0.561. The lowest BCUT2D eigenvalue weighted by atomic mass is 10.1. The summed E-state index contributed by atoms with van der Waals surface area (Å²) >= 11 is 3.34. The average Bonchev–Trinajstić information content (AvgIpc) is 2.61. The van der Waals surface area contributed by atoms with Crippen LogP contribution < -0.4 is 9.47 Å². The van der Waals surface area contributed by atoms with Crippen molar-refractivity contribution in [3.8, 4) is 11.8 Å². The van der Waals surface area contributed by atoms with Crippen LogP contribution in [0.4, 0.5) is 0 Å². The smallest absolute Gasteiger partial charge is 0.255 e. The number of piperidine rings is 1. The largest absolute Gasteiger partial charge is 0.480 e. The lowest BCUT2D eigenvalue weighted by molar-refractivity contribution is 0.0525. The Morgan fingerprint density at radius 3 is 2.83 bits per heavy atom. The molecule has 2 aromatic rings. The van der Waals surface area contributed by atoms with E-state index in [1.165, 1.54) is 13.3 Å². The molecular weight excluding hydrogens is 376 g/mol. The molecule has 0 radical (unpaired) electrons. The van der Waals surface area contributed by atoms with Crippen LogP contribution in [-0.2, 0) is 0 Å². The van der Waals surface area contributed by atoms with E-state index in [1.807, 2.05) is 0 Å². The molecule has 126 valence electrons. The van der Waals surface area contributed by atoms with Crippen LogP contribution in [0.5, 0.6) is 11.8 Å². The Bertz CT molecular complexity index is 728. The minimum Gasteiger partial charge on any atom is -0.480 e. The van der Waals surface area contributed by atoms with E-state index < -0.39 is 0 Å². The minimum absolute atomic E-state index is 0.0474. The quantitative estimate of drug-likeness (QED) is 0.794. The first-order chi connectivity index (χ1) is 11.7. The molecular formula is C16H17BrN4O3. The fourth-order valence-electron chi connectivity index (χ4n) is 2.59. The molecule has 1 amide bonds. The van der Waals surface area contributed by atoms with Crippen molar-refractivity contribution in [2.45, 2.75) is 18.9 Å². The van der Waals surface area contributed by atoms with Gasteiger partial charge in [-0.15, -0.1) is 0 Å². The molecule has 1 saturated heterocycles. The SMILES string of the molecule is COc1cncc(OC2CCCN(C(=O)c3cncc(Br)c3)C2)n1. The summed E-state index contributed by atoms with van der Waals surface area (Å²) in [5.74, 6) is 0.753. The molecule has 24 heavy (non-hydrogen) atoms. The Balaban J connectivity index is 1.66. The highest BCUT2D eigenvalue weighted by Crippen LogP contribution is 2.20. The Morgan fingerprint density at radius 2 is 2.04 bits per heavy atom. The van der Waals surface area contributed by atoms with E-state index in [0.29, 0.717) is 30.4 Å². The van der Waals surface area contributed by atoms with Crippen molar-refractivity contribution in [2.75, 3.05) is 20.2 Å². The topological polar surface area (TPSA) is 77.4 Å². The van der Waals surface area contributed by atoms with E-state index in [4.69, 9.17) is 9.47 Å². The van der Waals surface area contributed by atoms with Gasteiger partial charge in [-0.2, -0.15) is 4.98 Å². The first-order valence-electron chi connectivity index (χ1n) is 7.58. The van der Waals surface area contributed by atoms with Crippen molar-refractivity contribution >= 4 is 21.8 Å². The van der Waals surface area contributed by atoms with Gasteiger partial charge >= 0.3 is 0 Å². The normalized spacial score (nSPS) is 17.4. The van der Waals surface area contributed by atoms with E-state index >= 15 is 0 Å². The van der Waals surface area contributed by atoms with Gasteiger partial charge in [0, 0.05) is 23.4 Å². The third-order valence-corrected chi connectivity index (χ3v) is 4.14. The van der Waals surface area contributed by atoms with Gasteiger partial charge in [0.1, 0.15) is 6.10 Å². The van der Waals surface area contributed by atoms with E-state index in [0.717, 1.165) is 17.3 Å². The highest BCUT2D eigenvalue weighted by Gasteiger charge is 2.26. The summed E-state index contributed by atoms with van der Waals surface area (Å²) < 4.78 is 11.7. The highest BCUT2D eigenvalue weighted by atomic mass is 79.9. The number of carbonyl (C=O) groups excluding carboxylic acids is 1. The molecule has 1 aliphatic rings. The second-order valence-electron chi connectivity index (χ2n) is 5.42. The molecule has 0 spiro atoms. The number of ether oxygens (including phenoxy) is 2. The van der Waals surface area contributed by atoms with Crippen LogP contribution in [0.25, 0.3) is 0 Å². The number of nitrogens with zero attached hydrogens (tertiary/aromatic N) is 4. The predicted octanol–water partition coefficient (Wildman–Crippen LogP) is 2.33. The van der Waals surface area contributed by atoms with Crippen LogP contribution in [0.1, 0.15) is 23.2 Å². The van der Waals surface area contributed by atoms with Gasteiger partial charge in [0.05, 0.1) is 31.6 Å². The summed E-state index contributed by atoms with van der Waals surface area (Å²) in [6.07, 6.45) is 7.90. The number of halogens is 1. The Hall–Kier alpha value is -2.22. The maximum atomic E-state index is 12.6. The van der Waals surface area contributed by atoms with Crippen molar-refractivity contribution in [1.82, 2.24) is 19.9 Å². The molecule has 1 atom stereocenters. The molecule has 2 aromatic heterocycles. The average molecular weight is 393 g/mol. The van der Waals surface area contributed by atoms with Crippen LogP contribution >= 0.6 is 15.9 Å². The molecule has 3 rings (SSSR count). The van der Waals surface area contributed by atoms with Gasteiger partial charge in [-0.1, -0.05) is 0 Å². The van der Waals surface area contributed by atoms with Gasteiger partial charge in [-0.3, -0.25) is 14.8 Å². The van der Waals surface area contributed by atoms with Crippen molar-refractivity contribution < 1.29 is 14.3 Å². The second-order valence-corrected chi connectivity index (χ2v) is 6.34. The third-order valence-electron chi connectivity index (χ3n) is 3.70. The monoisotopic (exact) mass is 392 g/mol. The van der Waals surface area contributed by atoms with Crippen molar-refractivity contribution in [3.05, 3.63) is 40.9 Å². The first kappa shape index (κ1) is 16.6. The van der Waals surface area contributed by atoms with Crippen LogP contribution in [-0.4, -0.2) is 52.1 Å². The molecule has 0 bridgehead atoms. The number of carbonyl (C=O) groups is 1. The van der Waals surface area contributed by atoms with Crippen LogP contribution in [0, 0.1) is 0 Å². The van der Waals surface area contributed by atoms with Gasteiger partial charge in [0.15, 0.2) is 0 Å². The van der Waals surface area contributed by atoms with E-state index in [2.05, 4.69) is 30.9 Å². The summed E-state index contributed by atoms with van der Waals surface area (Å²) in [6.45, 7) is 1.21. The van der Waals surface area contributed by atoms with Crippen molar-refractivity contribution in [2.24, 2.45) is 0 Å². The maximum absolute atomic E-state index is 12.6. The zero-order chi connectivity index (χ0) is 16.9. The molecule has 0 saturated carbocycles. The maximum Gasteiger partial charge on any atom is 0.255 e. The number of hydrogen-bond donors (Lipinski definition) is 0. The van der Waals surface area contributed by atoms with Gasteiger partial charge in [0.25, 0.3) is 5.91 Å². The molecule has 3 heterocycles. The number of pyridine rings is 1. The van der Waals surface area contributed by atoms with Crippen LogP contribution in [0.2, 0.25) is 0 Å². The standard InChI is InChI=1S/C16H17BrN4O3/c1-23-14-8-19-9-15(20-14)24-13-3-2-4-21(10-13)16(22)11-5-12(17)7-18-6-11/h5-9,13H,2-4,10H2,1H3. The van der Waals surface area contributed by atoms with E-state index in [-0.39, 0.29) is 12.0 Å². The zero-order valence-corrected chi connectivity index (χ0v) is 14.8. The molecule has 0 N–H and O–H groups in total. The van der Waals surface area contributed by atoms with Gasteiger partial charge in [-0.05, 0) is 34.8 Å². The molecule has 7 nitrogen and oxygen atoms in total. The molecule has 8 heteroatoms. The van der Waals surface area contributed by atoms with Crippen molar-refractivity contribution in [3.63, 3.8) is 0 Å². The lowest BCUT2D eigenvalue weighted by Gasteiger charge is -2.32. The summed E-state index contributed by atoms with van der Waals surface area (Å²) in [5, 5.41) is 0. The zero-order valence-electron chi connectivity index (χ0n) is 13.2.